The van der Waals surface area contributed by atoms with Gasteiger partial charge in [0.05, 0.1) is 8.66 Å². The molecule has 2 heterocycles. The molecule has 0 aromatic carbocycles. The van der Waals surface area contributed by atoms with Crippen LogP contribution < -0.4 is 5.32 Å². The van der Waals surface area contributed by atoms with Gasteiger partial charge in [-0.1, -0.05) is 0 Å². The summed E-state index contributed by atoms with van der Waals surface area (Å²) in [7, 11) is 0. The Balaban J connectivity index is 1.55. The average Bonchev–Trinajstić information content (AvgIpc) is 3.23. The molecule has 1 aromatic heterocycles. The molecule has 1 N–H and O–H groups in total. The number of nitrogens with one attached hydrogen (secondary N) is 1. The summed E-state index contributed by atoms with van der Waals surface area (Å²) >= 11 is 8.26. The molecule has 1 aliphatic carbocycles. The minimum atomic E-state index is 0.0625. The second-order valence-corrected chi connectivity index (χ2v) is 8.81. The second-order valence-electron chi connectivity index (χ2n) is 5.58. The molecule has 1 saturated heterocycles. The minimum Gasteiger partial charge on any atom is -0.353 e. The number of carbonyl (C=O) groups excluding carboxylic acids is 2. The van der Waals surface area contributed by atoms with Gasteiger partial charge in [0, 0.05) is 29.5 Å². The molecule has 0 atom stereocenters. The van der Waals surface area contributed by atoms with Crippen molar-refractivity contribution in [3.8, 4) is 0 Å². The second kappa shape index (κ2) is 6.38. The third kappa shape index (κ3) is 3.68. The van der Waals surface area contributed by atoms with E-state index in [1.807, 2.05) is 11.0 Å². The number of carbonyl (C=O) groups is 2. The van der Waals surface area contributed by atoms with Crippen molar-refractivity contribution in [2.75, 3.05) is 13.1 Å². The van der Waals surface area contributed by atoms with Gasteiger partial charge < -0.3 is 10.2 Å². The topological polar surface area (TPSA) is 49.4 Å². The Morgan fingerprint density at radius 1 is 1.19 bits per heavy atom. The zero-order chi connectivity index (χ0) is 15.0. The van der Waals surface area contributed by atoms with Crippen LogP contribution >= 0.6 is 43.2 Å². The molecule has 114 valence electrons. The number of hydrogen-bond donors (Lipinski definition) is 1. The highest BCUT2D eigenvalue weighted by Gasteiger charge is 2.31. The molecule has 2 fully saturated rings. The van der Waals surface area contributed by atoms with Crippen LogP contribution in [-0.4, -0.2) is 35.8 Å². The zero-order valence-electron chi connectivity index (χ0n) is 11.4. The molecule has 1 aromatic rings. The third-order valence-corrected chi connectivity index (χ3v) is 7.18. The van der Waals surface area contributed by atoms with E-state index < -0.39 is 0 Å². The van der Waals surface area contributed by atoms with Gasteiger partial charge in [0.2, 0.25) is 5.91 Å². The Labute approximate surface area is 144 Å². The molecule has 1 saturated carbocycles. The largest absolute Gasteiger partial charge is 0.353 e. The van der Waals surface area contributed by atoms with Gasteiger partial charge in [-0.25, -0.2) is 0 Å². The van der Waals surface area contributed by atoms with Crippen molar-refractivity contribution in [2.24, 2.45) is 5.92 Å². The first kappa shape index (κ1) is 15.5. The molecule has 0 bridgehead atoms. The Kier molecular flexibility index (Phi) is 4.71. The lowest BCUT2D eigenvalue weighted by Crippen LogP contribution is -2.43. The summed E-state index contributed by atoms with van der Waals surface area (Å²) in [5.74, 6) is 0.301. The van der Waals surface area contributed by atoms with E-state index in [0.717, 1.165) is 38.8 Å². The summed E-state index contributed by atoms with van der Waals surface area (Å²) in [4.78, 5) is 27.0. The molecule has 1 aliphatic heterocycles. The van der Waals surface area contributed by atoms with Gasteiger partial charge in [-0.15, -0.1) is 11.3 Å². The maximum Gasteiger partial charge on any atom is 0.264 e. The number of likely N-dealkylation sites (tertiary alicyclic amines) is 1. The van der Waals surface area contributed by atoms with E-state index in [9.17, 15) is 9.59 Å². The van der Waals surface area contributed by atoms with Crippen LogP contribution in [0.4, 0.5) is 0 Å². The summed E-state index contributed by atoms with van der Waals surface area (Å²) < 4.78 is 1.85. The lowest BCUT2D eigenvalue weighted by atomic mass is 9.95. The number of nitrogens with zero attached hydrogens (tertiary/aromatic N) is 1. The molecular weight excluding hydrogens is 420 g/mol. The van der Waals surface area contributed by atoms with E-state index >= 15 is 0 Å². The van der Waals surface area contributed by atoms with Crippen LogP contribution in [0.15, 0.2) is 14.3 Å². The highest BCUT2D eigenvalue weighted by molar-refractivity contribution is 9.13. The average molecular weight is 436 g/mol. The van der Waals surface area contributed by atoms with Crippen LogP contribution in [0.25, 0.3) is 0 Å². The van der Waals surface area contributed by atoms with Crippen molar-refractivity contribution in [2.45, 2.75) is 31.7 Å². The Morgan fingerprint density at radius 3 is 2.38 bits per heavy atom. The van der Waals surface area contributed by atoms with Gasteiger partial charge in [0.15, 0.2) is 0 Å². The number of piperidine rings is 1. The van der Waals surface area contributed by atoms with Crippen molar-refractivity contribution in [1.82, 2.24) is 10.2 Å². The van der Waals surface area contributed by atoms with Crippen molar-refractivity contribution >= 4 is 55.0 Å². The Bertz CT molecular complexity index is 544. The summed E-state index contributed by atoms with van der Waals surface area (Å²) in [6.07, 6.45) is 3.76. The fraction of sp³-hybridized carbons (Fsp3) is 0.571. The number of halogens is 2. The van der Waals surface area contributed by atoms with Gasteiger partial charge in [-0.3, -0.25) is 9.59 Å². The smallest absolute Gasteiger partial charge is 0.264 e. The van der Waals surface area contributed by atoms with Crippen LogP contribution in [-0.2, 0) is 4.79 Å². The first-order valence-electron chi connectivity index (χ1n) is 7.09. The van der Waals surface area contributed by atoms with Crippen molar-refractivity contribution in [1.29, 1.82) is 0 Å². The standard InChI is InChI=1S/C14H16Br2N2O2S/c15-10-7-11(21-12(10)16)14(20)18-5-3-8(4-6-18)13(19)17-9-1-2-9/h7-9H,1-6H2,(H,17,19). The maximum atomic E-state index is 12.4. The molecule has 3 rings (SSSR count). The number of rotatable bonds is 3. The summed E-state index contributed by atoms with van der Waals surface area (Å²) in [6, 6.07) is 2.26. The third-order valence-electron chi connectivity index (χ3n) is 3.93. The lowest BCUT2D eigenvalue weighted by molar-refractivity contribution is -0.126. The Hall–Kier alpha value is -0.400. The van der Waals surface area contributed by atoms with E-state index in [2.05, 4.69) is 37.2 Å². The molecule has 4 nitrogen and oxygen atoms in total. The van der Waals surface area contributed by atoms with E-state index in [-0.39, 0.29) is 17.7 Å². The predicted molar refractivity (Wildman–Crippen MR) is 89.5 cm³/mol. The van der Waals surface area contributed by atoms with Crippen LogP contribution in [0.2, 0.25) is 0 Å². The van der Waals surface area contributed by atoms with Gasteiger partial charge in [-0.05, 0) is 63.6 Å². The van der Waals surface area contributed by atoms with Crippen LogP contribution in [0.5, 0.6) is 0 Å². The van der Waals surface area contributed by atoms with Gasteiger partial charge >= 0.3 is 0 Å². The fourth-order valence-corrected chi connectivity index (χ4v) is 4.50. The van der Waals surface area contributed by atoms with Crippen LogP contribution in [0.1, 0.15) is 35.4 Å². The fourth-order valence-electron chi connectivity index (χ4n) is 2.50. The normalized spacial score (nSPS) is 19.6. The van der Waals surface area contributed by atoms with Gasteiger partial charge in [-0.2, -0.15) is 0 Å². The van der Waals surface area contributed by atoms with E-state index in [4.69, 9.17) is 0 Å². The zero-order valence-corrected chi connectivity index (χ0v) is 15.4. The van der Waals surface area contributed by atoms with E-state index in [0.29, 0.717) is 19.1 Å². The van der Waals surface area contributed by atoms with E-state index in [1.165, 1.54) is 11.3 Å². The lowest BCUT2D eigenvalue weighted by Gasteiger charge is -2.31. The molecule has 0 radical (unpaired) electrons. The Morgan fingerprint density at radius 2 is 1.86 bits per heavy atom. The molecule has 21 heavy (non-hydrogen) atoms. The maximum absolute atomic E-state index is 12.4. The first-order chi connectivity index (χ1) is 10.0. The van der Waals surface area contributed by atoms with Crippen molar-refractivity contribution in [3.63, 3.8) is 0 Å². The molecule has 0 spiro atoms. The number of thiophene rings is 1. The highest BCUT2D eigenvalue weighted by atomic mass is 79.9. The van der Waals surface area contributed by atoms with Crippen molar-refractivity contribution < 1.29 is 9.59 Å². The van der Waals surface area contributed by atoms with Crippen molar-refractivity contribution in [3.05, 3.63) is 19.2 Å². The first-order valence-corrected chi connectivity index (χ1v) is 9.49. The number of hydrogen-bond acceptors (Lipinski definition) is 3. The SMILES string of the molecule is O=C(NC1CC1)C1CCN(C(=O)c2cc(Br)c(Br)s2)CC1. The molecular formula is C14H16Br2N2O2S. The van der Waals surface area contributed by atoms with E-state index in [1.54, 1.807) is 0 Å². The molecule has 7 heteroatoms. The monoisotopic (exact) mass is 434 g/mol. The summed E-state index contributed by atoms with van der Waals surface area (Å²) in [5.41, 5.74) is 0. The molecule has 0 unspecified atom stereocenters. The van der Waals surface area contributed by atoms with Crippen LogP contribution in [0.3, 0.4) is 0 Å². The van der Waals surface area contributed by atoms with Gasteiger partial charge in [0.25, 0.3) is 5.91 Å². The highest BCUT2D eigenvalue weighted by Crippen LogP contribution is 2.33. The summed E-state index contributed by atoms with van der Waals surface area (Å²) in [5, 5.41) is 3.06. The quantitative estimate of drug-likeness (QED) is 0.790. The molecule has 2 amide bonds. The minimum absolute atomic E-state index is 0.0625. The molecule has 2 aliphatic rings. The summed E-state index contributed by atoms with van der Waals surface area (Å²) in [6.45, 7) is 1.32. The number of amides is 2. The van der Waals surface area contributed by atoms with Crippen LogP contribution in [0, 0.1) is 5.92 Å². The van der Waals surface area contributed by atoms with Gasteiger partial charge in [0.1, 0.15) is 0 Å². The predicted octanol–water partition coefficient (Wildman–Crippen LogP) is 3.40.